The summed E-state index contributed by atoms with van der Waals surface area (Å²) in [4.78, 5) is 63.2. The maximum atomic E-state index is 13.4. The van der Waals surface area contributed by atoms with E-state index in [0.717, 1.165) is 5.57 Å². The Morgan fingerprint density at radius 3 is 2.33 bits per heavy atom. The molecule has 3 aliphatic carbocycles. The van der Waals surface area contributed by atoms with Crippen molar-refractivity contribution < 1.29 is 47.7 Å². The molecule has 2 saturated carbocycles. The van der Waals surface area contributed by atoms with Crippen LogP contribution >= 0.6 is 0 Å². The maximum Gasteiger partial charge on any atom is 0.306 e. The molecule has 10 heteroatoms. The number of rotatable bonds is 3. The quantitative estimate of drug-likeness (QED) is 0.414. The Labute approximate surface area is 209 Å². The van der Waals surface area contributed by atoms with Gasteiger partial charge in [0.2, 0.25) is 0 Å². The molecule has 2 saturated heterocycles. The van der Waals surface area contributed by atoms with Crippen molar-refractivity contribution in [1.82, 2.24) is 0 Å². The van der Waals surface area contributed by atoms with Crippen LogP contribution in [0.5, 0.6) is 0 Å². The summed E-state index contributed by atoms with van der Waals surface area (Å²) in [6, 6.07) is 0. The van der Waals surface area contributed by atoms with Crippen molar-refractivity contribution in [3.05, 3.63) is 11.6 Å². The predicted molar refractivity (Wildman–Crippen MR) is 120 cm³/mol. The first kappa shape index (κ1) is 24.9. The Kier molecular flexibility index (Phi) is 5.45. The highest BCUT2D eigenvalue weighted by atomic mass is 16.7. The number of ether oxygens (including phenoxy) is 5. The average molecular weight is 505 g/mol. The molecular formula is C26H32O10. The Morgan fingerprint density at radius 1 is 1.06 bits per heavy atom. The van der Waals surface area contributed by atoms with E-state index in [4.69, 9.17) is 23.7 Å². The molecule has 2 heterocycles. The molecule has 0 radical (unpaired) electrons. The number of hydrogen-bond acceptors (Lipinski definition) is 10. The molecule has 0 unspecified atom stereocenters. The lowest BCUT2D eigenvalue weighted by atomic mass is 9.38. The number of allylic oxidation sites excluding steroid dienone is 1. The third kappa shape index (κ3) is 3.02. The Hall–Kier alpha value is -2.75. The van der Waals surface area contributed by atoms with Crippen molar-refractivity contribution in [1.29, 1.82) is 0 Å². The molecule has 2 bridgehead atoms. The van der Waals surface area contributed by atoms with Gasteiger partial charge in [-0.2, -0.15) is 0 Å². The Balaban J connectivity index is 1.82. The lowest BCUT2D eigenvalue weighted by molar-refractivity contribution is -0.336. The van der Waals surface area contributed by atoms with Crippen molar-refractivity contribution in [3.63, 3.8) is 0 Å². The van der Waals surface area contributed by atoms with Crippen molar-refractivity contribution >= 4 is 29.7 Å². The first-order chi connectivity index (χ1) is 16.8. The molecule has 0 aromatic heterocycles. The standard InChI is InChI=1S/C26H32O10/c1-11-7-18(30)22(34-14(4)28)24(6)16(11)8-19-25-10-32-26(23(24)25,36-15(5)29)21(33-13(3)27)12(2)17(25)9-20(31)35-19/h7,12,16-17,19,21-23H,8-10H2,1-6H3/t12-,16+,17+,19-,21-,22-,23-,24-,25-,26-/m1/s1. The molecule has 196 valence electrons. The van der Waals surface area contributed by atoms with Gasteiger partial charge in [0.25, 0.3) is 5.79 Å². The third-order valence-electron chi connectivity index (χ3n) is 9.39. The van der Waals surface area contributed by atoms with Gasteiger partial charge < -0.3 is 23.7 Å². The molecule has 4 fully saturated rings. The second-order valence-corrected chi connectivity index (χ2v) is 11.3. The van der Waals surface area contributed by atoms with Gasteiger partial charge in [-0.15, -0.1) is 0 Å². The molecule has 5 aliphatic rings. The Bertz CT molecular complexity index is 1090. The molecule has 0 aromatic rings. The van der Waals surface area contributed by atoms with Gasteiger partial charge in [0.15, 0.2) is 18.0 Å². The zero-order chi connectivity index (χ0) is 26.4. The third-order valence-corrected chi connectivity index (χ3v) is 9.39. The van der Waals surface area contributed by atoms with Gasteiger partial charge in [0, 0.05) is 43.9 Å². The normalized spacial score (nSPS) is 46.5. The average Bonchev–Trinajstić information content (AvgIpc) is 3.06. The molecule has 2 aliphatic heterocycles. The number of fused-ring (bicyclic) bond motifs is 1. The lowest BCUT2D eigenvalue weighted by Crippen LogP contribution is -2.77. The van der Waals surface area contributed by atoms with Crippen molar-refractivity contribution in [3.8, 4) is 0 Å². The van der Waals surface area contributed by atoms with Crippen molar-refractivity contribution in [2.75, 3.05) is 6.61 Å². The summed E-state index contributed by atoms with van der Waals surface area (Å²) in [5.41, 5.74) is -1.20. The van der Waals surface area contributed by atoms with E-state index in [2.05, 4.69) is 0 Å². The number of hydrogen-bond donors (Lipinski definition) is 0. The van der Waals surface area contributed by atoms with Gasteiger partial charge in [-0.25, -0.2) is 0 Å². The zero-order valence-electron chi connectivity index (χ0n) is 21.3. The topological polar surface area (TPSA) is 132 Å². The first-order valence-corrected chi connectivity index (χ1v) is 12.4. The minimum Gasteiger partial charge on any atom is -0.462 e. The number of esters is 4. The van der Waals surface area contributed by atoms with Crippen molar-refractivity contribution in [2.24, 2.45) is 34.5 Å². The van der Waals surface area contributed by atoms with Crippen LogP contribution in [0.1, 0.15) is 54.4 Å². The molecule has 0 amide bonds. The first-order valence-electron chi connectivity index (χ1n) is 12.4. The lowest BCUT2D eigenvalue weighted by Gasteiger charge is -2.67. The van der Waals surface area contributed by atoms with Gasteiger partial charge in [-0.1, -0.05) is 19.4 Å². The van der Waals surface area contributed by atoms with Crippen LogP contribution in [0.3, 0.4) is 0 Å². The molecule has 10 atom stereocenters. The highest BCUT2D eigenvalue weighted by Crippen LogP contribution is 2.75. The minimum absolute atomic E-state index is 0.0627. The molecule has 1 spiro atoms. The van der Waals surface area contributed by atoms with E-state index < -0.39 is 64.7 Å². The van der Waals surface area contributed by atoms with Gasteiger partial charge in [0.1, 0.15) is 6.10 Å². The monoisotopic (exact) mass is 504 g/mol. The highest BCUT2D eigenvalue weighted by Gasteiger charge is 2.84. The van der Waals surface area contributed by atoms with Gasteiger partial charge in [0.05, 0.1) is 12.5 Å². The SMILES string of the molecule is CC(=O)O[C@@H]1[C@H](C)[C@@H]2CC(=O)O[C@@H]3C[C@H]4C(C)=CC(=O)[C@@H](OC(C)=O)[C@]4(C)[C@H]4[C@@]1(OC(C)=O)OC[C@]432. The zero-order valence-corrected chi connectivity index (χ0v) is 21.3. The van der Waals surface area contributed by atoms with E-state index in [-0.39, 0.29) is 36.6 Å². The van der Waals surface area contributed by atoms with E-state index in [1.807, 2.05) is 20.8 Å². The van der Waals surface area contributed by atoms with E-state index in [0.29, 0.717) is 6.42 Å². The summed E-state index contributed by atoms with van der Waals surface area (Å²) in [6.45, 7) is 9.34. The largest absolute Gasteiger partial charge is 0.462 e. The van der Waals surface area contributed by atoms with Gasteiger partial charge in [-0.3, -0.25) is 24.0 Å². The minimum atomic E-state index is -1.76. The fourth-order valence-corrected chi connectivity index (χ4v) is 8.56. The molecule has 5 rings (SSSR count). The second kappa shape index (κ2) is 7.87. The maximum absolute atomic E-state index is 13.4. The fraction of sp³-hybridized carbons (Fsp3) is 0.731. The number of carbonyl (C=O) groups is 5. The molecule has 36 heavy (non-hydrogen) atoms. The Morgan fingerprint density at radius 2 is 1.72 bits per heavy atom. The number of ketones is 1. The smallest absolute Gasteiger partial charge is 0.306 e. The van der Waals surface area contributed by atoms with Crippen LogP contribution in [0.15, 0.2) is 11.6 Å². The molecule has 0 N–H and O–H groups in total. The summed E-state index contributed by atoms with van der Waals surface area (Å²) in [7, 11) is 0. The van der Waals surface area contributed by atoms with Gasteiger partial charge in [-0.05, 0) is 31.3 Å². The van der Waals surface area contributed by atoms with Crippen LogP contribution < -0.4 is 0 Å². The van der Waals surface area contributed by atoms with Crippen molar-refractivity contribution in [2.45, 2.75) is 78.5 Å². The van der Waals surface area contributed by atoms with Crippen LogP contribution in [-0.2, 0) is 47.7 Å². The van der Waals surface area contributed by atoms with Gasteiger partial charge >= 0.3 is 23.9 Å². The predicted octanol–water partition coefficient (Wildman–Crippen LogP) is 1.88. The molecule has 0 aromatic carbocycles. The summed E-state index contributed by atoms with van der Waals surface area (Å²) >= 11 is 0. The van der Waals surface area contributed by atoms with Crippen LogP contribution in [0.2, 0.25) is 0 Å². The van der Waals surface area contributed by atoms with E-state index in [1.165, 1.54) is 26.8 Å². The second-order valence-electron chi connectivity index (χ2n) is 11.3. The summed E-state index contributed by atoms with van der Waals surface area (Å²) in [5.74, 6) is -6.28. The summed E-state index contributed by atoms with van der Waals surface area (Å²) in [6.07, 6.45) is -0.894. The molecule has 10 nitrogen and oxygen atoms in total. The van der Waals surface area contributed by atoms with E-state index in [9.17, 15) is 24.0 Å². The van der Waals surface area contributed by atoms with E-state index >= 15 is 0 Å². The fourth-order valence-electron chi connectivity index (χ4n) is 8.56. The van der Waals surface area contributed by atoms with Crippen LogP contribution in [0.4, 0.5) is 0 Å². The van der Waals surface area contributed by atoms with Crippen LogP contribution in [0, 0.1) is 34.5 Å². The highest BCUT2D eigenvalue weighted by molar-refractivity contribution is 5.97. The summed E-state index contributed by atoms with van der Waals surface area (Å²) in [5, 5.41) is 0. The van der Waals surface area contributed by atoms with E-state index in [1.54, 1.807) is 0 Å². The summed E-state index contributed by atoms with van der Waals surface area (Å²) < 4.78 is 29.9. The van der Waals surface area contributed by atoms with Crippen LogP contribution in [-0.4, -0.2) is 60.4 Å². The molecular weight excluding hydrogens is 472 g/mol. The van der Waals surface area contributed by atoms with Crippen LogP contribution in [0.25, 0.3) is 0 Å². The number of carbonyl (C=O) groups excluding carboxylic acids is 5.